The van der Waals surface area contributed by atoms with Crippen molar-refractivity contribution in [3.8, 4) is 0 Å². The third-order valence-corrected chi connectivity index (χ3v) is 5.32. The van der Waals surface area contributed by atoms with E-state index in [-0.39, 0.29) is 11.3 Å². The molecular formula is C19H29N3O. The Bertz CT molecular complexity index is 503. The summed E-state index contributed by atoms with van der Waals surface area (Å²) in [5.41, 5.74) is 1.15. The van der Waals surface area contributed by atoms with Crippen LogP contribution < -0.4 is 10.6 Å². The summed E-state index contributed by atoms with van der Waals surface area (Å²) in [6, 6.07) is 11.0. The molecule has 2 N–H and O–H groups in total. The van der Waals surface area contributed by atoms with Gasteiger partial charge in [-0.25, -0.2) is 0 Å². The fourth-order valence-corrected chi connectivity index (χ4v) is 3.69. The first-order chi connectivity index (χ1) is 11.2. The molecule has 2 saturated heterocycles. The van der Waals surface area contributed by atoms with E-state index < -0.39 is 0 Å². The second-order valence-corrected chi connectivity index (χ2v) is 7.35. The van der Waals surface area contributed by atoms with Gasteiger partial charge in [0.2, 0.25) is 5.91 Å². The number of piperidine rings is 2. The molecule has 1 aromatic carbocycles. The largest absolute Gasteiger partial charge is 0.353 e. The van der Waals surface area contributed by atoms with Gasteiger partial charge in [-0.3, -0.25) is 9.69 Å². The Kier molecular flexibility index (Phi) is 5.34. The molecule has 0 radical (unpaired) electrons. The maximum absolute atomic E-state index is 12.6. The molecular weight excluding hydrogens is 286 g/mol. The number of likely N-dealkylation sites (tertiary alicyclic amines) is 1. The van der Waals surface area contributed by atoms with E-state index in [1.54, 1.807) is 0 Å². The van der Waals surface area contributed by atoms with Gasteiger partial charge in [0.25, 0.3) is 0 Å². The van der Waals surface area contributed by atoms with Crippen LogP contribution in [0.4, 0.5) is 0 Å². The number of rotatable bonds is 4. The van der Waals surface area contributed by atoms with Gasteiger partial charge < -0.3 is 10.6 Å². The summed E-state index contributed by atoms with van der Waals surface area (Å²) in [6.07, 6.45) is 4.21. The number of nitrogens with zero attached hydrogens (tertiary/aromatic N) is 1. The fourth-order valence-electron chi connectivity index (χ4n) is 3.69. The Hall–Kier alpha value is -1.39. The Labute approximate surface area is 139 Å². The van der Waals surface area contributed by atoms with Crippen LogP contribution in [-0.2, 0) is 11.3 Å². The molecule has 0 spiro atoms. The summed E-state index contributed by atoms with van der Waals surface area (Å²) < 4.78 is 0. The van der Waals surface area contributed by atoms with Crippen molar-refractivity contribution < 1.29 is 4.79 Å². The minimum absolute atomic E-state index is 0.223. The molecule has 2 aliphatic heterocycles. The Morgan fingerprint density at radius 2 is 2.04 bits per heavy atom. The lowest BCUT2D eigenvalue weighted by atomic mass is 9.81. The molecule has 1 unspecified atom stereocenters. The molecule has 23 heavy (non-hydrogen) atoms. The molecule has 126 valence electrons. The van der Waals surface area contributed by atoms with Crippen molar-refractivity contribution in [2.45, 2.75) is 45.2 Å². The van der Waals surface area contributed by atoms with Crippen molar-refractivity contribution in [3.05, 3.63) is 35.9 Å². The van der Waals surface area contributed by atoms with Crippen molar-refractivity contribution in [1.82, 2.24) is 15.5 Å². The number of carbonyl (C=O) groups is 1. The fraction of sp³-hybridized carbons (Fsp3) is 0.632. The van der Waals surface area contributed by atoms with Gasteiger partial charge in [0, 0.05) is 32.2 Å². The van der Waals surface area contributed by atoms with E-state index in [0.29, 0.717) is 6.04 Å². The standard InChI is InChI=1S/C19H29N3O/c1-19(10-5-11-20-15-19)18(23)21-17-8-12-22(13-9-17)14-16-6-3-2-4-7-16/h2-4,6-7,17,20H,5,8-15H2,1H3,(H,21,23). The van der Waals surface area contributed by atoms with Gasteiger partial charge in [-0.1, -0.05) is 30.3 Å². The van der Waals surface area contributed by atoms with E-state index in [9.17, 15) is 4.79 Å². The van der Waals surface area contributed by atoms with Crippen LogP contribution in [0, 0.1) is 5.41 Å². The Morgan fingerprint density at radius 3 is 2.70 bits per heavy atom. The quantitative estimate of drug-likeness (QED) is 0.895. The second-order valence-electron chi connectivity index (χ2n) is 7.35. The first-order valence-electron chi connectivity index (χ1n) is 8.94. The molecule has 4 heteroatoms. The molecule has 3 rings (SSSR count). The number of nitrogens with one attached hydrogen (secondary N) is 2. The monoisotopic (exact) mass is 315 g/mol. The summed E-state index contributed by atoms with van der Waals surface area (Å²) in [6.45, 7) is 7.10. The summed E-state index contributed by atoms with van der Waals surface area (Å²) in [4.78, 5) is 15.1. The van der Waals surface area contributed by atoms with Crippen molar-refractivity contribution in [2.75, 3.05) is 26.2 Å². The molecule has 0 aromatic heterocycles. The molecule has 0 saturated carbocycles. The Balaban J connectivity index is 1.45. The van der Waals surface area contributed by atoms with E-state index in [1.165, 1.54) is 5.56 Å². The minimum Gasteiger partial charge on any atom is -0.353 e. The Morgan fingerprint density at radius 1 is 1.30 bits per heavy atom. The molecule has 0 aliphatic carbocycles. The minimum atomic E-state index is -0.223. The van der Waals surface area contributed by atoms with E-state index in [2.05, 4.69) is 52.8 Å². The smallest absolute Gasteiger partial charge is 0.227 e. The van der Waals surface area contributed by atoms with Gasteiger partial charge >= 0.3 is 0 Å². The summed E-state index contributed by atoms with van der Waals surface area (Å²) in [7, 11) is 0. The highest BCUT2D eigenvalue weighted by molar-refractivity contribution is 5.82. The van der Waals surface area contributed by atoms with Gasteiger partial charge in [0.15, 0.2) is 0 Å². The summed E-state index contributed by atoms with van der Waals surface area (Å²) in [5, 5.41) is 6.67. The molecule has 2 aliphatic rings. The van der Waals surface area contributed by atoms with Crippen LogP contribution in [0.5, 0.6) is 0 Å². The van der Waals surface area contributed by atoms with Crippen molar-refractivity contribution in [1.29, 1.82) is 0 Å². The maximum Gasteiger partial charge on any atom is 0.227 e. The SMILES string of the molecule is CC1(C(=O)NC2CCN(Cc3ccccc3)CC2)CCCNC1. The first kappa shape index (κ1) is 16.5. The van der Waals surface area contributed by atoms with Gasteiger partial charge in [-0.2, -0.15) is 0 Å². The molecule has 4 nitrogen and oxygen atoms in total. The zero-order valence-electron chi connectivity index (χ0n) is 14.2. The van der Waals surface area contributed by atoms with E-state index in [1.807, 2.05) is 0 Å². The normalized spacial score (nSPS) is 26.8. The lowest BCUT2D eigenvalue weighted by Gasteiger charge is -2.37. The van der Waals surface area contributed by atoms with Gasteiger partial charge in [-0.15, -0.1) is 0 Å². The molecule has 1 amide bonds. The predicted molar refractivity (Wildman–Crippen MR) is 93.1 cm³/mol. The molecule has 1 atom stereocenters. The van der Waals surface area contributed by atoms with Gasteiger partial charge in [0.1, 0.15) is 0 Å². The van der Waals surface area contributed by atoms with Crippen molar-refractivity contribution >= 4 is 5.91 Å². The topological polar surface area (TPSA) is 44.4 Å². The lowest BCUT2D eigenvalue weighted by molar-refractivity contribution is -0.132. The number of hydrogen-bond donors (Lipinski definition) is 2. The van der Waals surface area contributed by atoms with Crippen LogP contribution in [0.2, 0.25) is 0 Å². The second kappa shape index (κ2) is 7.45. The van der Waals surface area contributed by atoms with Crippen LogP contribution in [0.15, 0.2) is 30.3 Å². The number of benzene rings is 1. The lowest BCUT2D eigenvalue weighted by Crippen LogP contribution is -2.53. The average molecular weight is 315 g/mol. The van der Waals surface area contributed by atoms with Crippen molar-refractivity contribution in [3.63, 3.8) is 0 Å². The maximum atomic E-state index is 12.6. The van der Waals surface area contributed by atoms with Crippen LogP contribution in [0.1, 0.15) is 38.2 Å². The van der Waals surface area contributed by atoms with Gasteiger partial charge in [0.05, 0.1) is 5.41 Å². The molecule has 0 bridgehead atoms. The molecule has 1 aromatic rings. The number of amides is 1. The number of carbonyl (C=O) groups excluding carboxylic acids is 1. The van der Waals surface area contributed by atoms with E-state index >= 15 is 0 Å². The third kappa shape index (κ3) is 4.33. The number of hydrogen-bond acceptors (Lipinski definition) is 3. The van der Waals surface area contributed by atoms with E-state index in [4.69, 9.17) is 0 Å². The first-order valence-corrected chi connectivity index (χ1v) is 8.94. The van der Waals surface area contributed by atoms with Crippen LogP contribution in [-0.4, -0.2) is 43.0 Å². The third-order valence-electron chi connectivity index (χ3n) is 5.32. The average Bonchev–Trinajstić information content (AvgIpc) is 2.58. The highest BCUT2D eigenvalue weighted by Crippen LogP contribution is 2.26. The van der Waals surface area contributed by atoms with E-state index in [0.717, 1.165) is 58.4 Å². The molecule has 2 fully saturated rings. The van der Waals surface area contributed by atoms with Crippen molar-refractivity contribution in [2.24, 2.45) is 5.41 Å². The van der Waals surface area contributed by atoms with Crippen LogP contribution >= 0.6 is 0 Å². The van der Waals surface area contributed by atoms with Crippen LogP contribution in [0.3, 0.4) is 0 Å². The summed E-state index contributed by atoms with van der Waals surface area (Å²) in [5.74, 6) is 0.242. The highest BCUT2D eigenvalue weighted by atomic mass is 16.2. The van der Waals surface area contributed by atoms with Gasteiger partial charge in [-0.05, 0) is 44.7 Å². The zero-order chi connectivity index (χ0) is 16.1. The highest BCUT2D eigenvalue weighted by Gasteiger charge is 2.36. The molecule has 2 heterocycles. The van der Waals surface area contributed by atoms with Crippen LogP contribution in [0.25, 0.3) is 0 Å². The predicted octanol–water partition coefficient (Wildman–Crippen LogP) is 2.16. The summed E-state index contributed by atoms with van der Waals surface area (Å²) >= 11 is 0. The zero-order valence-corrected chi connectivity index (χ0v) is 14.2.